The van der Waals surface area contributed by atoms with Gasteiger partial charge in [-0.3, -0.25) is 4.79 Å². The zero-order valence-corrected chi connectivity index (χ0v) is 11.1. The predicted octanol–water partition coefficient (Wildman–Crippen LogP) is 1.70. The third kappa shape index (κ3) is 4.64. The van der Waals surface area contributed by atoms with Crippen molar-refractivity contribution in [2.75, 3.05) is 0 Å². The molecule has 1 amide bonds. The number of unbranched alkanes of at least 4 members (excludes halogenated alkanes) is 2. The summed E-state index contributed by atoms with van der Waals surface area (Å²) in [5.74, 6) is -1.16. The second-order valence-corrected chi connectivity index (χ2v) is 4.93. The highest BCUT2D eigenvalue weighted by Gasteiger charge is 2.34. The molecule has 5 nitrogen and oxygen atoms in total. The quantitative estimate of drug-likeness (QED) is 0.681. The first-order valence-corrected chi connectivity index (χ1v) is 6.73. The Morgan fingerprint density at radius 1 is 1.33 bits per heavy atom. The minimum absolute atomic E-state index is 0.122. The van der Waals surface area contributed by atoms with Gasteiger partial charge < -0.3 is 15.2 Å². The molecule has 0 aromatic heterocycles. The van der Waals surface area contributed by atoms with E-state index in [2.05, 4.69) is 12.2 Å². The predicted molar refractivity (Wildman–Crippen MR) is 67.3 cm³/mol. The number of nitrogens with one attached hydrogen (secondary N) is 1. The first kappa shape index (κ1) is 15.0. The summed E-state index contributed by atoms with van der Waals surface area (Å²) < 4.78 is 5.20. The summed E-state index contributed by atoms with van der Waals surface area (Å²) >= 11 is 0. The molecule has 0 aromatic rings. The molecule has 5 heteroatoms. The van der Waals surface area contributed by atoms with Gasteiger partial charge in [0.05, 0.1) is 0 Å². The number of carbonyl (C=O) groups excluding carboxylic acids is 1. The van der Waals surface area contributed by atoms with Gasteiger partial charge in [-0.25, -0.2) is 4.79 Å². The van der Waals surface area contributed by atoms with Gasteiger partial charge in [0, 0.05) is 6.04 Å². The molecule has 0 bridgehead atoms. The summed E-state index contributed by atoms with van der Waals surface area (Å²) in [4.78, 5) is 22.5. The lowest BCUT2D eigenvalue weighted by Crippen LogP contribution is -2.40. The van der Waals surface area contributed by atoms with Gasteiger partial charge >= 0.3 is 5.97 Å². The summed E-state index contributed by atoms with van der Waals surface area (Å²) in [6.45, 7) is 4.11. The maximum atomic E-state index is 11.8. The van der Waals surface area contributed by atoms with E-state index in [1.54, 1.807) is 0 Å². The number of carbonyl (C=O) groups is 2. The Morgan fingerprint density at radius 2 is 2.00 bits per heavy atom. The van der Waals surface area contributed by atoms with Crippen LogP contribution in [0.4, 0.5) is 0 Å². The molecule has 2 N–H and O–H groups in total. The molecule has 1 heterocycles. The molecule has 1 aliphatic heterocycles. The number of rotatable bonds is 7. The Kier molecular flexibility index (Phi) is 6.12. The third-order valence-corrected chi connectivity index (χ3v) is 3.22. The first-order valence-electron chi connectivity index (χ1n) is 6.73. The van der Waals surface area contributed by atoms with Gasteiger partial charge in [0.2, 0.25) is 5.91 Å². The van der Waals surface area contributed by atoms with Crippen molar-refractivity contribution in [3.63, 3.8) is 0 Å². The summed E-state index contributed by atoms with van der Waals surface area (Å²) in [5.41, 5.74) is 0. The van der Waals surface area contributed by atoms with Gasteiger partial charge in [-0.1, -0.05) is 26.2 Å². The van der Waals surface area contributed by atoms with Gasteiger partial charge in [-0.15, -0.1) is 0 Å². The van der Waals surface area contributed by atoms with Crippen molar-refractivity contribution in [1.29, 1.82) is 0 Å². The van der Waals surface area contributed by atoms with Crippen LogP contribution in [0.5, 0.6) is 0 Å². The lowest BCUT2D eigenvalue weighted by atomic mass is 10.1. The van der Waals surface area contributed by atoms with E-state index in [1.165, 1.54) is 6.42 Å². The van der Waals surface area contributed by atoms with Crippen molar-refractivity contribution in [1.82, 2.24) is 5.32 Å². The topological polar surface area (TPSA) is 75.6 Å². The van der Waals surface area contributed by atoms with Crippen LogP contribution in [0.2, 0.25) is 0 Å². The zero-order chi connectivity index (χ0) is 13.5. The Bertz CT molecular complexity index is 293. The highest BCUT2D eigenvalue weighted by Crippen LogP contribution is 2.20. The van der Waals surface area contributed by atoms with Crippen molar-refractivity contribution in [3.05, 3.63) is 0 Å². The average Bonchev–Trinajstić information content (AvgIpc) is 2.78. The molecule has 18 heavy (non-hydrogen) atoms. The second-order valence-electron chi connectivity index (χ2n) is 4.93. The lowest BCUT2D eigenvalue weighted by molar-refractivity contribution is -0.151. The molecule has 0 saturated carbocycles. The van der Waals surface area contributed by atoms with Crippen molar-refractivity contribution < 1.29 is 19.4 Å². The Balaban J connectivity index is 2.26. The fourth-order valence-electron chi connectivity index (χ4n) is 2.12. The minimum Gasteiger partial charge on any atom is -0.479 e. The van der Waals surface area contributed by atoms with E-state index in [1.807, 2.05) is 6.92 Å². The molecule has 3 unspecified atom stereocenters. The molecule has 0 aromatic carbocycles. The third-order valence-electron chi connectivity index (χ3n) is 3.22. The molecule has 1 aliphatic rings. The minimum atomic E-state index is -0.985. The number of ether oxygens (including phenoxy) is 1. The summed E-state index contributed by atoms with van der Waals surface area (Å²) in [6, 6.07) is 0.122. The van der Waals surface area contributed by atoms with E-state index in [-0.39, 0.29) is 11.9 Å². The van der Waals surface area contributed by atoms with Crippen LogP contribution in [-0.2, 0) is 14.3 Å². The number of hydrogen-bond acceptors (Lipinski definition) is 3. The second kappa shape index (κ2) is 7.36. The van der Waals surface area contributed by atoms with E-state index >= 15 is 0 Å². The lowest BCUT2D eigenvalue weighted by Gasteiger charge is -2.17. The number of carboxylic acid groups (broad SMARTS) is 1. The Hall–Kier alpha value is -1.10. The van der Waals surface area contributed by atoms with E-state index in [4.69, 9.17) is 9.84 Å². The largest absolute Gasteiger partial charge is 0.479 e. The van der Waals surface area contributed by atoms with Crippen LogP contribution in [0.3, 0.4) is 0 Å². The standard InChI is InChI=1S/C13H23NO4/c1-3-4-5-6-9(2)14-12(15)10-7-8-11(18-10)13(16)17/h9-11H,3-8H2,1-2H3,(H,14,15)(H,16,17). The smallest absolute Gasteiger partial charge is 0.332 e. The zero-order valence-electron chi connectivity index (χ0n) is 11.1. The van der Waals surface area contributed by atoms with E-state index in [9.17, 15) is 9.59 Å². The number of amides is 1. The monoisotopic (exact) mass is 257 g/mol. The van der Waals surface area contributed by atoms with E-state index < -0.39 is 18.2 Å². The maximum Gasteiger partial charge on any atom is 0.332 e. The number of carboxylic acids is 1. The fourth-order valence-corrected chi connectivity index (χ4v) is 2.12. The van der Waals surface area contributed by atoms with Crippen molar-refractivity contribution in [3.8, 4) is 0 Å². The van der Waals surface area contributed by atoms with Crippen LogP contribution in [-0.4, -0.2) is 35.2 Å². The SMILES string of the molecule is CCCCCC(C)NC(=O)C1CCC(C(=O)O)O1. The van der Waals surface area contributed by atoms with Crippen LogP contribution in [0, 0.1) is 0 Å². The van der Waals surface area contributed by atoms with Gasteiger partial charge in [0.25, 0.3) is 0 Å². The van der Waals surface area contributed by atoms with Crippen molar-refractivity contribution >= 4 is 11.9 Å². The van der Waals surface area contributed by atoms with E-state index in [0.29, 0.717) is 12.8 Å². The average molecular weight is 257 g/mol. The Labute approximate surface area is 108 Å². The molecule has 0 spiro atoms. The van der Waals surface area contributed by atoms with Gasteiger partial charge in [0.15, 0.2) is 6.10 Å². The molecule has 1 saturated heterocycles. The maximum absolute atomic E-state index is 11.8. The van der Waals surface area contributed by atoms with Crippen molar-refractivity contribution in [2.24, 2.45) is 0 Å². The van der Waals surface area contributed by atoms with E-state index in [0.717, 1.165) is 19.3 Å². The first-order chi connectivity index (χ1) is 8.54. The fraction of sp³-hybridized carbons (Fsp3) is 0.846. The number of aliphatic carboxylic acids is 1. The molecular weight excluding hydrogens is 234 g/mol. The summed E-state index contributed by atoms with van der Waals surface area (Å²) in [6.07, 6.45) is 3.86. The highest BCUT2D eigenvalue weighted by atomic mass is 16.5. The van der Waals surface area contributed by atoms with Gasteiger partial charge in [-0.05, 0) is 26.2 Å². The molecule has 1 rings (SSSR count). The van der Waals surface area contributed by atoms with Crippen LogP contribution in [0.25, 0.3) is 0 Å². The van der Waals surface area contributed by atoms with Crippen molar-refractivity contribution in [2.45, 2.75) is 70.6 Å². The van der Waals surface area contributed by atoms with Crippen LogP contribution in [0.1, 0.15) is 52.4 Å². The molecule has 104 valence electrons. The summed E-state index contributed by atoms with van der Waals surface area (Å²) in [7, 11) is 0. The van der Waals surface area contributed by atoms with Crippen LogP contribution in [0.15, 0.2) is 0 Å². The molecule has 0 radical (unpaired) electrons. The molecule has 1 fully saturated rings. The highest BCUT2D eigenvalue weighted by molar-refractivity contribution is 5.82. The normalized spacial score (nSPS) is 24.8. The van der Waals surface area contributed by atoms with Crippen LogP contribution >= 0.6 is 0 Å². The van der Waals surface area contributed by atoms with Gasteiger partial charge in [0.1, 0.15) is 6.10 Å². The van der Waals surface area contributed by atoms with Crippen LogP contribution < -0.4 is 5.32 Å². The molecular formula is C13H23NO4. The number of hydrogen-bond donors (Lipinski definition) is 2. The molecule has 0 aliphatic carbocycles. The Morgan fingerprint density at radius 3 is 2.56 bits per heavy atom. The molecule has 3 atom stereocenters. The van der Waals surface area contributed by atoms with Gasteiger partial charge in [-0.2, -0.15) is 0 Å². The summed E-state index contributed by atoms with van der Waals surface area (Å²) in [5, 5.41) is 11.7.